The molecule has 0 aliphatic carbocycles. The van der Waals surface area contributed by atoms with E-state index in [9.17, 15) is 4.79 Å². The van der Waals surface area contributed by atoms with Gasteiger partial charge in [-0.25, -0.2) is 0 Å². The second kappa shape index (κ2) is 5.56. The Hall–Kier alpha value is -1.36. The lowest BCUT2D eigenvalue weighted by Gasteiger charge is -2.44. The Labute approximate surface area is 120 Å². The van der Waals surface area contributed by atoms with Gasteiger partial charge in [-0.15, -0.1) is 0 Å². The van der Waals surface area contributed by atoms with E-state index in [1.54, 1.807) is 10.9 Å². The van der Waals surface area contributed by atoms with Crippen molar-refractivity contribution in [2.24, 2.45) is 5.41 Å². The van der Waals surface area contributed by atoms with Gasteiger partial charge in [0, 0.05) is 25.5 Å². The van der Waals surface area contributed by atoms with Gasteiger partial charge in [0.2, 0.25) is 5.91 Å². The number of likely N-dealkylation sites (tertiary alicyclic amines) is 1. The lowest BCUT2D eigenvalue weighted by atomic mass is 9.71. The number of hydrogen-bond acceptors (Lipinski definition) is 3. The van der Waals surface area contributed by atoms with Gasteiger partial charge in [0.05, 0.1) is 0 Å². The molecule has 0 aromatic carbocycles. The molecule has 0 radical (unpaired) electrons. The van der Waals surface area contributed by atoms with Crippen LogP contribution in [0.3, 0.4) is 0 Å². The molecule has 2 aliphatic heterocycles. The van der Waals surface area contributed by atoms with E-state index >= 15 is 0 Å². The standard InChI is InChI=1S/C15H24N4O/c1-13(19-10-2-7-17-19)14(20)18-11-5-15(6-12-18)3-8-16-9-4-15/h2,7,10,13,16H,3-6,8-9,11-12H2,1H3. The summed E-state index contributed by atoms with van der Waals surface area (Å²) < 4.78 is 1.75. The van der Waals surface area contributed by atoms with E-state index in [1.165, 1.54) is 12.8 Å². The number of nitrogens with one attached hydrogen (secondary N) is 1. The second-order valence-corrected chi connectivity index (χ2v) is 6.24. The van der Waals surface area contributed by atoms with Gasteiger partial charge in [-0.1, -0.05) is 0 Å². The van der Waals surface area contributed by atoms with Crippen LogP contribution in [0.1, 0.15) is 38.6 Å². The molecular formula is C15H24N4O. The summed E-state index contributed by atoms with van der Waals surface area (Å²) in [4.78, 5) is 14.5. The Kier molecular flexibility index (Phi) is 3.78. The lowest BCUT2D eigenvalue weighted by molar-refractivity contribution is -0.137. The monoisotopic (exact) mass is 276 g/mol. The van der Waals surface area contributed by atoms with E-state index in [0.717, 1.165) is 39.0 Å². The molecular weight excluding hydrogens is 252 g/mol. The molecule has 20 heavy (non-hydrogen) atoms. The number of rotatable bonds is 2. The molecule has 3 heterocycles. The third-order valence-corrected chi connectivity index (χ3v) is 5.08. The topological polar surface area (TPSA) is 50.2 Å². The first-order valence-electron chi connectivity index (χ1n) is 7.69. The zero-order chi connectivity index (χ0) is 14.0. The van der Waals surface area contributed by atoms with Crippen LogP contribution in [-0.4, -0.2) is 46.8 Å². The van der Waals surface area contributed by atoms with Gasteiger partial charge >= 0.3 is 0 Å². The number of amides is 1. The van der Waals surface area contributed by atoms with Gasteiger partial charge in [0.1, 0.15) is 6.04 Å². The zero-order valence-corrected chi connectivity index (χ0v) is 12.2. The highest BCUT2D eigenvalue weighted by Crippen LogP contribution is 2.39. The molecule has 1 atom stereocenters. The smallest absolute Gasteiger partial charge is 0.247 e. The average molecular weight is 276 g/mol. The van der Waals surface area contributed by atoms with E-state index in [0.29, 0.717) is 5.41 Å². The molecule has 0 saturated carbocycles. The average Bonchev–Trinajstić information content (AvgIpc) is 3.02. The Balaban J connectivity index is 1.59. The fraction of sp³-hybridized carbons (Fsp3) is 0.733. The lowest BCUT2D eigenvalue weighted by Crippen LogP contribution is -2.48. The van der Waals surface area contributed by atoms with Crippen molar-refractivity contribution in [3.8, 4) is 0 Å². The Bertz CT molecular complexity index is 440. The quantitative estimate of drug-likeness (QED) is 0.889. The summed E-state index contributed by atoms with van der Waals surface area (Å²) in [7, 11) is 0. The van der Waals surface area contributed by atoms with Crippen LogP contribution in [0.4, 0.5) is 0 Å². The van der Waals surface area contributed by atoms with Crippen LogP contribution >= 0.6 is 0 Å². The highest BCUT2D eigenvalue weighted by molar-refractivity contribution is 5.80. The maximum Gasteiger partial charge on any atom is 0.247 e. The first kappa shape index (κ1) is 13.6. The van der Waals surface area contributed by atoms with Gasteiger partial charge in [0.25, 0.3) is 0 Å². The van der Waals surface area contributed by atoms with Crippen LogP contribution in [0.2, 0.25) is 0 Å². The minimum atomic E-state index is -0.188. The number of aromatic nitrogens is 2. The fourth-order valence-corrected chi connectivity index (χ4v) is 3.55. The Morgan fingerprint density at radius 2 is 1.95 bits per heavy atom. The normalized spacial score (nSPS) is 23.8. The third kappa shape index (κ3) is 2.59. The Morgan fingerprint density at radius 1 is 1.25 bits per heavy atom. The molecule has 5 nitrogen and oxygen atoms in total. The molecule has 1 aromatic rings. The summed E-state index contributed by atoms with van der Waals surface area (Å²) in [6.07, 6.45) is 8.44. The van der Waals surface area contributed by atoms with Crippen LogP contribution in [0.5, 0.6) is 0 Å². The van der Waals surface area contributed by atoms with Crippen LogP contribution in [0.25, 0.3) is 0 Å². The number of nitrogens with zero attached hydrogens (tertiary/aromatic N) is 3. The van der Waals surface area contributed by atoms with Crippen LogP contribution in [0, 0.1) is 5.41 Å². The molecule has 5 heteroatoms. The van der Waals surface area contributed by atoms with E-state index < -0.39 is 0 Å². The third-order valence-electron chi connectivity index (χ3n) is 5.08. The number of hydrogen-bond donors (Lipinski definition) is 1. The van der Waals surface area contributed by atoms with E-state index in [-0.39, 0.29) is 11.9 Å². The molecule has 110 valence electrons. The summed E-state index contributed by atoms with van der Waals surface area (Å²) in [6, 6.07) is 1.68. The molecule has 2 aliphatic rings. The minimum absolute atomic E-state index is 0.188. The maximum atomic E-state index is 12.5. The van der Waals surface area contributed by atoms with Crippen molar-refractivity contribution in [2.45, 2.75) is 38.6 Å². The number of carbonyl (C=O) groups is 1. The van der Waals surface area contributed by atoms with E-state index in [1.807, 2.05) is 24.1 Å². The van der Waals surface area contributed by atoms with Gasteiger partial charge < -0.3 is 10.2 Å². The van der Waals surface area contributed by atoms with Gasteiger partial charge in [-0.05, 0) is 57.2 Å². The van der Waals surface area contributed by atoms with Crippen molar-refractivity contribution in [3.63, 3.8) is 0 Å². The summed E-state index contributed by atoms with van der Waals surface area (Å²) in [5.74, 6) is 0.206. The molecule has 1 unspecified atom stereocenters. The molecule has 1 aromatic heterocycles. The predicted octanol–water partition coefficient (Wildman–Crippen LogP) is 1.44. The predicted molar refractivity (Wildman–Crippen MR) is 77.3 cm³/mol. The molecule has 1 N–H and O–H groups in total. The van der Waals surface area contributed by atoms with Crippen LogP contribution < -0.4 is 5.32 Å². The molecule has 1 amide bonds. The largest absolute Gasteiger partial charge is 0.341 e. The second-order valence-electron chi connectivity index (χ2n) is 6.24. The molecule has 2 fully saturated rings. The maximum absolute atomic E-state index is 12.5. The SMILES string of the molecule is CC(C(=O)N1CCC2(CCNCC2)CC1)n1cccn1. The number of piperidine rings is 2. The van der Waals surface area contributed by atoms with Crippen molar-refractivity contribution in [1.29, 1.82) is 0 Å². The summed E-state index contributed by atoms with van der Waals surface area (Å²) in [6.45, 7) is 6.02. The molecule has 0 bridgehead atoms. The van der Waals surface area contributed by atoms with Crippen molar-refractivity contribution in [2.75, 3.05) is 26.2 Å². The summed E-state index contributed by atoms with van der Waals surface area (Å²) >= 11 is 0. The highest BCUT2D eigenvalue weighted by Gasteiger charge is 2.37. The van der Waals surface area contributed by atoms with E-state index in [2.05, 4.69) is 10.4 Å². The van der Waals surface area contributed by atoms with Gasteiger partial charge in [-0.2, -0.15) is 5.10 Å². The number of carbonyl (C=O) groups excluding carboxylic acids is 1. The van der Waals surface area contributed by atoms with Crippen molar-refractivity contribution in [1.82, 2.24) is 20.0 Å². The Morgan fingerprint density at radius 3 is 2.55 bits per heavy atom. The van der Waals surface area contributed by atoms with Crippen molar-refractivity contribution >= 4 is 5.91 Å². The van der Waals surface area contributed by atoms with Crippen molar-refractivity contribution < 1.29 is 4.79 Å². The first-order chi connectivity index (χ1) is 9.70. The highest BCUT2D eigenvalue weighted by atomic mass is 16.2. The van der Waals surface area contributed by atoms with Crippen LogP contribution in [-0.2, 0) is 4.79 Å². The molecule has 2 saturated heterocycles. The van der Waals surface area contributed by atoms with Crippen molar-refractivity contribution in [3.05, 3.63) is 18.5 Å². The van der Waals surface area contributed by atoms with Crippen LogP contribution in [0.15, 0.2) is 18.5 Å². The molecule has 1 spiro atoms. The summed E-state index contributed by atoms with van der Waals surface area (Å²) in [5.41, 5.74) is 0.497. The zero-order valence-electron chi connectivity index (χ0n) is 12.2. The first-order valence-corrected chi connectivity index (χ1v) is 7.69. The minimum Gasteiger partial charge on any atom is -0.341 e. The molecule has 3 rings (SSSR count). The van der Waals surface area contributed by atoms with Gasteiger partial charge in [0.15, 0.2) is 0 Å². The van der Waals surface area contributed by atoms with Gasteiger partial charge in [-0.3, -0.25) is 9.48 Å². The summed E-state index contributed by atoms with van der Waals surface area (Å²) in [5, 5.41) is 7.61. The van der Waals surface area contributed by atoms with E-state index in [4.69, 9.17) is 0 Å². The fourth-order valence-electron chi connectivity index (χ4n) is 3.55.